The number of carbonyl (C=O) groups excluding carboxylic acids is 1. The summed E-state index contributed by atoms with van der Waals surface area (Å²) in [4.78, 5) is 16.6. The van der Waals surface area contributed by atoms with Crippen LogP contribution in [0, 0.1) is 5.82 Å². The maximum Gasteiger partial charge on any atom is 0.277 e. The number of hydrogen-bond acceptors (Lipinski definition) is 2. The highest BCUT2D eigenvalue weighted by atomic mass is 35.5. The Morgan fingerprint density at radius 2 is 2.06 bits per heavy atom. The van der Waals surface area contributed by atoms with Crippen molar-refractivity contribution in [3.05, 3.63) is 34.6 Å². The van der Waals surface area contributed by atoms with Gasteiger partial charge in [0.2, 0.25) is 0 Å². The van der Waals surface area contributed by atoms with E-state index < -0.39 is 17.3 Å². The Balaban J connectivity index is 2.78. The lowest BCUT2D eigenvalue weighted by Crippen LogP contribution is -2.34. The van der Waals surface area contributed by atoms with Gasteiger partial charge in [0, 0.05) is 0 Å². The molecule has 0 bridgehead atoms. The predicted octanol–water partition coefficient (Wildman–Crippen LogP) is 2.94. The average molecular weight is 246 g/mol. The van der Waals surface area contributed by atoms with Crippen LogP contribution in [0.2, 0.25) is 5.02 Å². The van der Waals surface area contributed by atoms with E-state index in [1.807, 2.05) is 0 Å². The highest BCUT2D eigenvalue weighted by molar-refractivity contribution is 6.31. The van der Waals surface area contributed by atoms with Crippen molar-refractivity contribution in [1.29, 1.82) is 0 Å². The van der Waals surface area contributed by atoms with E-state index in [2.05, 4.69) is 5.48 Å². The molecule has 1 aromatic rings. The lowest BCUT2D eigenvalue weighted by Gasteiger charge is -2.19. The van der Waals surface area contributed by atoms with Crippen LogP contribution in [0.3, 0.4) is 0 Å². The van der Waals surface area contributed by atoms with E-state index >= 15 is 0 Å². The number of hydrogen-bond donors (Lipinski definition) is 1. The van der Waals surface area contributed by atoms with Gasteiger partial charge in [-0.15, -0.1) is 0 Å². The first-order valence-corrected chi connectivity index (χ1v) is 5.11. The third-order valence-corrected chi connectivity index (χ3v) is 1.94. The molecule has 3 nitrogen and oxygen atoms in total. The molecule has 0 aliphatic rings. The van der Waals surface area contributed by atoms with Crippen LogP contribution >= 0.6 is 11.6 Å². The second-order valence-corrected chi connectivity index (χ2v) is 4.65. The van der Waals surface area contributed by atoms with Crippen LogP contribution in [-0.2, 0) is 4.84 Å². The van der Waals surface area contributed by atoms with Crippen molar-refractivity contribution in [2.45, 2.75) is 26.4 Å². The largest absolute Gasteiger partial charge is 0.277 e. The normalized spacial score (nSPS) is 11.3. The third-order valence-electron chi connectivity index (χ3n) is 1.65. The average Bonchev–Trinajstić information content (AvgIpc) is 2.17. The van der Waals surface area contributed by atoms with Crippen LogP contribution in [0.25, 0.3) is 0 Å². The van der Waals surface area contributed by atoms with Gasteiger partial charge in [-0.3, -0.25) is 9.63 Å². The second kappa shape index (κ2) is 4.80. The molecule has 88 valence electrons. The van der Waals surface area contributed by atoms with Gasteiger partial charge in [-0.05, 0) is 32.9 Å². The summed E-state index contributed by atoms with van der Waals surface area (Å²) in [5, 5.41) is -0.0941. The summed E-state index contributed by atoms with van der Waals surface area (Å²) >= 11 is 5.55. The van der Waals surface area contributed by atoms with Crippen molar-refractivity contribution in [1.82, 2.24) is 5.48 Å². The van der Waals surface area contributed by atoms with Crippen LogP contribution in [0.4, 0.5) is 4.39 Å². The number of hydroxylamine groups is 1. The zero-order chi connectivity index (χ0) is 12.3. The van der Waals surface area contributed by atoms with E-state index in [0.717, 1.165) is 0 Å². The summed E-state index contributed by atoms with van der Waals surface area (Å²) in [5.41, 5.74) is 1.49. The molecule has 0 fully saturated rings. The zero-order valence-corrected chi connectivity index (χ0v) is 10.1. The smallest absolute Gasteiger partial charge is 0.268 e. The summed E-state index contributed by atoms with van der Waals surface area (Å²) in [6.45, 7) is 5.30. The number of halogens is 2. The Labute approximate surface area is 98.5 Å². The number of nitrogens with one attached hydrogen (secondary N) is 1. The molecule has 0 aliphatic carbocycles. The van der Waals surface area contributed by atoms with Crippen molar-refractivity contribution in [2.24, 2.45) is 0 Å². The summed E-state index contributed by atoms with van der Waals surface area (Å²) in [6.07, 6.45) is 0. The van der Waals surface area contributed by atoms with Gasteiger partial charge in [-0.2, -0.15) is 0 Å². The van der Waals surface area contributed by atoms with Crippen LogP contribution in [0.15, 0.2) is 18.2 Å². The molecule has 0 unspecified atom stereocenters. The monoisotopic (exact) mass is 245 g/mol. The molecule has 0 aromatic heterocycles. The molecular weight excluding hydrogens is 233 g/mol. The first kappa shape index (κ1) is 12.9. The van der Waals surface area contributed by atoms with E-state index in [9.17, 15) is 9.18 Å². The van der Waals surface area contributed by atoms with E-state index in [-0.39, 0.29) is 10.6 Å². The van der Waals surface area contributed by atoms with Gasteiger partial charge in [0.25, 0.3) is 5.91 Å². The van der Waals surface area contributed by atoms with E-state index in [1.54, 1.807) is 20.8 Å². The molecule has 0 heterocycles. The molecule has 16 heavy (non-hydrogen) atoms. The molecule has 0 radical (unpaired) electrons. The molecule has 0 saturated heterocycles. The van der Waals surface area contributed by atoms with Gasteiger partial charge in [-0.1, -0.05) is 17.7 Å². The standard InChI is InChI=1S/C11H13ClFNO2/c1-11(2,3)16-14-10(15)7-5-4-6-8(12)9(7)13/h4-6H,1-3H3,(H,14,15). The van der Waals surface area contributed by atoms with Crippen LogP contribution in [0.1, 0.15) is 31.1 Å². The Morgan fingerprint density at radius 1 is 1.44 bits per heavy atom. The van der Waals surface area contributed by atoms with Crippen molar-refractivity contribution in [2.75, 3.05) is 0 Å². The molecule has 1 rings (SSSR count). The number of amides is 1. The van der Waals surface area contributed by atoms with Gasteiger partial charge in [0.05, 0.1) is 16.2 Å². The Hall–Kier alpha value is -1.13. The van der Waals surface area contributed by atoms with Crippen molar-refractivity contribution in [3.63, 3.8) is 0 Å². The maximum absolute atomic E-state index is 13.4. The predicted molar refractivity (Wildman–Crippen MR) is 59.7 cm³/mol. The van der Waals surface area contributed by atoms with Crippen LogP contribution < -0.4 is 5.48 Å². The van der Waals surface area contributed by atoms with Crippen LogP contribution in [0.5, 0.6) is 0 Å². The summed E-state index contributed by atoms with van der Waals surface area (Å²) in [5.74, 6) is -1.41. The van der Waals surface area contributed by atoms with Crippen molar-refractivity contribution < 1.29 is 14.0 Å². The lowest BCUT2D eigenvalue weighted by molar-refractivity contribution is -0.0591. The fraction of sp³-hybridized carbons (Fsp3) is 0.364. The molecule has 0 spiro atoms. The first-order valence-electron chi connectivity index (χ1n) is 4.73. The van der Waals surface area contributed by atoms with Gasteiger partial charge in [0.1, 0.15) is 0 Å². The van der Waals surface area contributed by atoms with E-state index in [1.165, 1.54) is 18.2 Å². The number of benzene rings is 1. The van der Waals surface area contributed by atoms with Gasteiger partial charge >= 0.3 is 0 Å². The Bertz CT molecular complexity index is 401. The van der Waals surface area contributed by atoms with Crippen molar-refractivity contribution in [3.8, 4) is 0 Å². The van der Waals surface area contributed by atoms with Crippen LogP contribution in [-0.4, -0.2) is 11.5 Å². The number of carbonyl (C=O) groups is 1. The maximum atomic E-state index is 13.4. The molecule has 0 atom stereocenters. The Kier molecular flexibility index (Phi) is 3.88. The summed E-state index contributed by atoms with van der Waals surface area (Å²) in [6, 6.07) is 4.21. The minimum atomic E-state index is -0.751. The van der Waals surface area contributed by atoms with E-state index in [4.69, 9.17) is 16.4 Å². The quantitative estimate of drug-likeness (QED) is 0.814. The topological polar surface area (TPSA) is 38.3 Å². The highest BCUT2D eigenvalue weighted by Gasteiger charge is 2.17. The highest BCUT2D eigenvalue weighted by Crippen LogP contribution is 2.17. The zero-order valence-electron chi connectivity index (χ0n) is 9.30. The fourth-order valence-corrected chi connectivity index (χ4v) is 1.11. The van der Waals surface area contributed by atoms with Crippen molar-refractivity contribution >= 4 is 17.5 Å². The molecule has 1 aromatic carbocycles. The third kappa shape index (κ3) is 3.47. The minimum absolute atomic E-state index is 0.0941. The molecule has 0 saturated carbocycles. The molecule has 0 aliphatic heterocycles. The Morgan fingerprint density at radius 3 is 2.62 bits per heavy atom. The fourth-order valence-electron chi connectivity index (χ4n) is 0.934. The van der Waals surface area contributed by atoms with Gasteiger partial charge in [-0.25, -0.2) is 9.87 Å². The van der Waals surface area contributed by atoms with Gasteiger partial charge in [0.15, 0.2) is 5.82 Å². The van der Waals surface area contributed by atoms with E-state index in [0.29, 0.717) is 0 Å². The number of rotatable bonds is 2. The summed E-state index contributed by atoms with van der Waals surface area (Å²) < 4.78 is 13.4. The minimum Gasteiger partial charge on any atom is -0.268 e. The molecule has 5 heteroatoms. The SMILES string of the molecule is CC(C)(C)ONC(=O)c1cccc(Cl)c1F. The molecule has 1 N–H and O–H groups in total. The van der Waals surface area contributed by atoms with Gasteiger partial charge < -0.3 is 0 Å². The molecule has 1 amide bonds. The summed E-state index contributed by atoms with van der Waals surface area (Å²) in [7, 11) is 0. The first-order chi connectivity index (χ1) is 7.31. The lowest BCUT2D eigenvalue weighted by atomic mass is 10.2. The molecular formula is C11H13ClFNO2. The second-order valence-electron chi connectivity index (χ2n) is 4.25.